The van der Waals surface area contributed by atoms with Crippen LogP contribution in [0.2, 0.25) is 0 Å². The number of nitrogens with zero attached hydrogens (tertiary/aromatic N) is 2. The molecule has 0 aromatic carbocycles. The molecule has 1 aliphatic rings. The number of carbonyl (C=O) groups is 1. The van der Waals surface area contributed by atoms with Crippen LogP contribution in [0, 0.1) is 6.92 Å². The molecule has 1 aliphatic carbocycles. The van der Waals surface area contributed by atoms with E-state index < -0.39 is 5.54 Å². The fourth-order valence-electron chi connectivity index (χ4n) is 2.87. The zero-order valence-electron chi connectivity index (χ0n) is 12.5. The molecule has 6 heteroatoms. The highest BCUT2D eigenvalue weighted by Crippen LogP contribution is 2.27. The van der Waals surface area contributed by atoms with Crippen molar-refractivity contribution in [2.24, 2.45) is 12.8 Å². The number of rotatable bonds is 3. The summed E-state index contributed by atoms with van der Waals surface area (Å²) >= 11 is 0. The lowest BCUT2D eigenvalue weighted by Gasteiger charge is -2.33. The van der Waals surface area contributed by atoms with E-state index in [1.54, 1.807) is 4.68 Å². The van der Waals surface area contributed by atoms with E-state index in [1.165, 1.54) is 6.42 Å². The van der Waals surface area contributed by atoms with E-state index >= 15 is 0 Å². The summed E-state index contributed by atoms with van der Waals surface area (Å²) in [7, 11) is 1.89. The van der Waals surface area contributed by atoms with Crippen molar-refractivity contribution in [1.82, 2.24) is 15.1 Å². The second kappa shape index (κ2) is 6.59. The summed E-state index contributed by atoms with van der Waals surface area (Å²) in [6.45, 7) is 3.94. The third-order valence-corrected chi connectivity index (χ3v) is 4.06. The van der Waals surface area contributed by atoms with Gasteiger partial charge in [0.2, 0.25) is 5.91 Å². The Bertz CT molecular complexity index is 466. The van der Waals surface area contributed by atoms with Gasteiger partial charge in [0.25, 0.3) is 0 Å². The predicted molar refractivity (Wildman–Crippen MR) is 81.8 cm³/mol. The summed E-state index contributed by atoms with van der Waals surface area (Å²) in [5.41, 5.74) is 7.56. The van der Waals surface area contributed by atoms with Crippen molar-refractivity contribution < 1.29 is 4.79 Å². The summed E-state index contributed by atoms with van der Waals surface area (Å²) in [5.74, 6) is -0.0250. The first kappa shape index (κ1) is 17.0. The van der Waals surface area contributed by atoms with E-state index in [9.17, 15) is 4.79 Å². The summed E-state index contributed by atoms with van der Waals surface area (Å²) in [6, 6.07) is -0.0523. The molecule has 1 fully saturated rings. The first-order chi connectivity index (χ1) is 8.92. The highest BCUT2D eigenvalue weighted by atomic mass is 35.5. The minimum Gasteiger partial charge on any atom is -0.348 e. The number of hydrogen-bond donors (Lipinski definition) is 2. The maximum absolute atomic E-state index is 12.4. The van der Waals surface area contributed by atoms with Gasteiger partial charge in [0.15, 0.2) is 0 Å². The number of nitrogens with two attached hydrogens (primary N) is 1. The molecule has 0 bridgehead atoms. The second-order valence-electron chi connectivity index (χ2n) is 5.76. The summed E-state index contributed by atoms with van der Waals surface area (Å²) < 4.78 is 1.77. The van der Waals surface area contributed by atoms with Gasteiger partial charge in [-0.2, -0.15) is 5.10 Å². The topological polar surface area (TPSA) is 72.9 Å². The summed E-state index contributed by atoms with van der Waals surface area (Å²) in [4.78, 5) is 12.4. The SMILES string of the molecule is Cc1nn(C)cc1C(C)NC(=O)C1(N)CCCCC1.Cl. The molecule has 1 amide bonds. The van der Waals surface area contributed by atoms with Crippen LogP contribution in [-0.4, -0.2) is 21.2 Å². The molecule has 1 unspecified atom stereocenters. The molecule has 114 valence electrons. The lowest BCUT2D eigenvalue weighted by Crippen LogP contribution is -2.55. The molecule has 1 aromatic rings. The maximum atomic E-state index is 12.4. The lowest BCUT2D eigenvalue weighted by atomic mass is 9.81. The highest BCUT2D eigenvalue weighted by molar-refractivity contribution is 5.86. The fraction of sp³-hybridized carbons (Fsp3) is 0.714. The summed E-state index contributed by atoms with van der Waals surface area (Å²) in [5, 5.41) is 7.35. The van der Waals surface area contributed by atoms with Crippen LogP contribution in [0.5, 0.6) is 0 Å². The average molecular weight is 301 g/mol. The van der Waals surface area contributed by atoms with E-state index in [4.69, 9.17) is 5.73 Å². The van der Waals surface area contributed by atoms with E-state index in [-0.39, 0.29) is 24.4 Å². The number of halogens is 1. The first-order valence-electron chi connectivity index (χ1n) is 7.02. The van der Waals surface area contributed by atoms with Crippen molar-refractivity contribution in [2.45, 2.75) is 57.5 Å². The van der Waals surface area contributed by atoms with Gasteiger partial charge in [-0.25, -0.2) is 0 Å². The Labute approximate surface area is 126 Å². The van der Waals surface area contributed by atoms with Gasteiger partial charge in [-0.15, -0.1) is 12.4 Å². The molecule has 0 radical (unpaired) electrons. The van der Waals surface area contributed by atoms with Crippen molar-refractivity contribution in [1.29, 1.82) is 0 Å². The monoisotopic (exact) mass is 300 g/mol. The molecule has 0 aliphatic heterocycles. The summed E-state index contributed by atoms with van der Waals surface area (Å²) in [6.07, 6.45) is 6.80. The van der Waals surface area contributed by atoms with Gasteiger partial charge in [-0.05, 0) is 26.7 Å². The number of hydrogen-bond acceptors (Lipinski definition) is 3. The van der Waals surface area contributed by atoms with Crippen LogP contribution < -0.4 is 11.1 Å². The molecule has 0 saturated heterocycles. The number of aryl methyl sites for hydroxylation is 2. The van der Waals surface area contributed by atoms with Crippen molar-refractivity contribution in [3.63, 3.8) is 0 Å². The van der Waals surface area contributed by atoms with Crippen LogP contribution in [0.25, 0.3) is 0 Å². The van der Waals surface area contributed by atoms with Crippen molar-refractivity contribution in [3.8, 4) is 0 Å². The Morgan fingerprint density at radius 2 is 2.05 bits per heavy atom. The zero-order chi connectivity index (χ0) is 14.0. The Kier molecular flexibility index (Phi) is 5.59. The number of amides is 1. The molecule has 20 heavy (non-hydrogen) atoms. The Morgan fingerprint density at radius 3 is 2.55 bits per heavy atom. The maximum Gasteiger partial charge on any atom is 0.240 e. The number of aromatic nitrogens is 2. The van der Waals surface area contributed by atoms with Gasteiger partial charge in [0, 0.05) is 18.8 Å². The Balaban J connectivity index is 0.00000200. The Hall–Kier alpha value is -1.07. The minimum atomic E-state index is -0.678. The van der Waals surface area contributed by atoms with Crippen molar-refractivity contribution in [2.75, 3.05) is 0 Å². The third kappa shape index (κ3) is 3.52. The van der Waals surface area contributed by atoms with Crippen LogP contribution in [0.15, 0.2) is 6.20 Å². The van der Waals surface area contributed by atoms with Crippen LogP contribution in [0.4, 0.5) is 0 Å². The van der Waals surface area contributed by atoms with Gasteiger partial charge >= 0.3 is 0 Å². The van der Waals surface area contributed by atoms with E-state index in [0.717, 1.165) is 36.9 Å². The Morgan fingerprint density at radius 1 is 1.45 bits per heavy atom. The van der Waals surface area contributed by atoms with E-state index in [0.29, 0.717) is 0 Å². The largest absolute Gasteiger partial charge is 0.348 e. The van der Waals surface area contributed by atoms with Crippen molar-refractivity contribution in [3.05, 3.63) is 17.5 Å². The molecular weight excluding hydrogens is 276 g/mol. The predicted octanol–water partition coefficient (Wildman–Crippen LogP) is 1.99. The smallest absolute Gasteiger partial charge is 0.240 e. The molecule has 1 atom stereocenters. The van der Waals surface area contributed by atoms with Gasteiger partial charge in [-0.1, -0.05) is 19.3 Å². The number of carbonyl (C=O) groups excluding carboxylic acids is 1. The van der Waals surface area contributed by atoms with Gasteiger partial charge in [-0.3, -0.25) is 9.48 Å². The molecule has 0 spiro atoms. The zero-order valence-corrected chi connectivity index (χ0v) is 13.3. The molecule has 3 N–H and O–H groups in total. The van der Waals surface area contributed by atoms with E-state index in [1.807, 2.05) is 27.1 Å². The molecule has 2 rings (SSSR count). The molecular formula is C14H25ClN4O. The van der Waals surface area contributed by atoms with Crippen LogP contribution >= 0.6 is 12.4 Å². The average Bonchev–Trinajstić information content (AvgIpc) is 2.69. The van der Waals surface area contributed by atoms with Crippen LogP contribution in [0.3, 0.4) is 0 Å². The molecule has 5 nitrogen and oxygen atoms in total. The standard InChI is InChI=1S/C14H24N4O.ClH/c1-10(12-9-18(3)17-11(12)2)16-13(19)14(15)7-5-4-6-8-14;/h9-10H,4-8,15H2,1-3H3,(H,16,19);1H. The fourth-order valence-corrected chi connectivity index (χ4v) is 2.87. The van der Waals surface area contributed by atoms with Gasteiger partial charge in [0.05, 0.1) is 17.3 Å². The van der Waals surface area contributed by atoms with Crippen LogP contribution in [0.1, 0.15) is 56.3 Å². The van der Waals surface area contributed by atoms with Crippen LogP contribution in [-0.2, 0) is 11.8 Å². The highest BCUT2D eigenvalue weighted by Gasteiger charge is 2.36. The normalized spacial score (nSPS) is 19.0. The minimum absolute atomic E-state index is 0. The van der Waals surface area contributed by atoms with E-state index in [2.05, 4.69) is 10.4 Å². The van der Waals surface area contributed by atoms with Gasteiger partial charge < -0.3 is 11.1 Å². The second-order valence-corrected chi connectivity index (χ2v) is 5.76. The quantitative estimate of drug-likeness (QED) is 0.896. The molecule has 1 aromatic heterocycles. The lowest BCUT2D eigenvalue weighted by molar-refractivity contribution is -0.128. The molecule has 1 heterocycles. The number of nitrogens with one attached hydrogen (secondary N) is 1. The molecule has 1 saturated carbocycles. The van der Waals surface area contributed by atoms with Crippen molar-refractivity contribution >= 4 is 18.3 Å². The first-order valence-corrected chi connectivity index (χ1v) is 7.02. The van der Waals surface area contributed by atoms with Gasteiger partial charge in [0.1, 0.15) is 0 Å². The third-order valence-electron chi connectivity index (χ3n) is 4.06.